The molecule has 0 amide bonds. The van der Waals surface area contributed by atoms with Gasteiger partial charge in [-0.25, -0.2) is 9.59 Å². The minimum Gasteiger partial charge on any atom is -0.462 e. The predicted octanol–water partition coefficient (Wildman–Crippen LogP) is 10.2. The molecule has 7 heteroatoms. The van der Waals surface area contributed by atoms with Gasteiger partial charge in [0.25, 0.3) is 0 Å². The Morgan fingerprint density at radius 1 is 0.580 bits per heavy atom. The highest BCUT2D eigenvalue weighted by atomic mass is 16.5. The van der Waals surface area contributed by atoms with Crippen LogP contribution in [-0.2, 0) is 28.6 Å². The van der Waals surface area contributed by atoms with E-state index in [0.29, 0.717) is 19.6 Å². The van der Waals surface area contributed by atoms with Crippen molar-refractivity contribution in [2.75, 3.05) is 33.9 Å². The average molecular weight is 702 g/mol. The summed E-state index contributed by atoms with van der Waals surface area (Å²) in [5.41, 5.74) is -0.723. The molecule has 0 atom stereocenters. The van der Waals surface area contributed by atoms with Gasteiger partial charge >= 0.3 is 17.9 Å². The number of esters is 3. The van der Waals surface area contributed by atoms with Crippen molar-refractivity contribution in [2.24, 2.45) is 10.8 Å². The number of rotatable bonds is 29. The first-order valence-corrected chi connectivity index (χ1v) is 20.0. The molecule has 0 aliphatic carbocycles. The lowest BCUT2D eigenvalue weighted by molar-refractivity contribution is -0.150. The van der Waals surface area contributed by atoms with Crippen molar-refractivity contribution in [1.29, 1.82) is 0 Å². The second-order valence-electron chi connectivity index (χ2n) is 15.6. The summed E-state index contributed by atoms with van der Waals surface area (Å²) in [4.78, 5) is 39.1. The summed E-state index contributed by atoms with van der Waals surface area (Å²) >= 11 is 0. The largest absolute Gasteiger partial charge is 0.462 e. The van der Waals surface area contributed by atoms with Crippen LogP contribution in [0.3, 0.4) is 0 Å². The van der Waals surface area contributed by atoms with Gasteiger partial charge in [-0.1, -0.05) is 103 Å². The first-order chi connectivity index (χ1) is 23.8. The standard InChI is InChI=1S/C43H75NO6/c1-9-11-13-15-17-19-21-36-48-39(45)29-33-42(3,4)31-23-26-38(50-41(47)28-25-35-44(7)8)27-24-32-43(5,6)34-30-40(46)49-37-22-20-18-16-14-12-10-2/h38H,9-28,31-32,35-37H2,1-8H3. The van der Waals surface area contributed by atoms with Gasteiger partial charge in [-0.05, 0) is 106 Å². The van der Waals surface area contributed by atoms with Crippen LogP contribution in [0.4, 0.5) is 0 Å². The van der Waals surface area contributed by atoms with Crippen LogP contribution in [0.15, 0.2) is 0 Å². The minimum atomic E-state index is -0.458. The van der Waals surface area contributed by atoms with E-state index >= 15 is 0 Å². The SMILES string of the molecule is CCCCCCCCCOC(=O)C#CC(C)(C)CCCC(CCCC(C)(C)C#CC(=O)OCCCCCCCCC)OC(=O)CCCN(C)C. The van der Waals surface area contributed by atoms with E-state index in [2.05, 4.69) is 42.4 Å². The van der Waals surface area contributed by atoms with E-state index in [0.717, 1.165) is 77.2 Å². The molecule has 0 aliphatic rings. The molecule has 7 nitrogen and oxygen atoms in total. The lowest BCUT2D eigenvalue weighted by Crippen LogP contribution is -2.21. The van der Waals surface area contributed by atoms with E-state index in [1.54, 1.807) is 0 Å². The number of carbonyl (C=O) groups is 3. The van der Waals surface area contributed by atoms with Gasteiger partial charge in [0.2, 0.25) is 0 Å². The van der Waals surface area contributed by atoms with Crippen molar-refractivity contribution >= 4 is 17.9 Å². The van der Waals surface area contributed by atoms with Crippen LogP contribution in [0.25, 0.3) is 0 Å². The number of unbranched alkanes of at least 4 members (excludes halogenated alkanes) is 12. The Hall–Kier alpha value is -2.51. The van der Waals surface area contributed by atoms with Crippen molar-refractivity contribution in [3.05, 3.63) is 0 Å². The molecule has 0 rings (SSSR count). The lowest BCUT2D eigenvalue weighted by atomic mass is 9.85. The van der Waals surface area contributed by atoms with Crippen LogP contribution in [-0.4, -0.2) is 62.8 Å². The molecule has 0 aromatic rings. The third-order valence-corrected chi connectivity index (χ3v) is 8.91. The van der Waals surface area contributed by atoms with Crippen LogP contribution < -0.4 is 0 Å². The van der Waals surface area contributed by atoms with E-state index in [-0.39, 0.29) is 22.9 Å². The molecule has 0 saturated heterocycles. The Balaban J connectivity index is 4.81. The summed E-state index contributed by atoms with van der Waals surface area (Å²) in [6, 6.07) is 0. The van der Waals surface area contributed by atoms with Crippen molar-refractivity contribution < 1.29 is 28.6 Å². The molecule has 0 fully saturated rings. The Kier molecular flexibility index (Phi) is 28.6. The summed E-state index contributed by atoms with van der Waals surface area (Å²) in [7, 11) is 3.99. The molecule has 0 bridgehead atoms. The van der Waals surface area contributed by atoms with E-state index in [4.69, 9.17) is 14.2 Å². The first-order valence-electron chi connectivity index (χ1n) is 20.0. The second kappa shape index (κ2) is 30.1. The highest BCUT2D eigenvalue weighted by molar-refractivity contribution is 5.88. The topological polar surface area (TPSA) is 82.1 Å². The van der Waals surface area contributed by atoms with Gasteiger partial charge in [-0.3, -0.25) is 4.79 Å². The molecule has 288 valence electrons. The summed E-state index contributed by atoms with van der Waals surface area (Å²) < 4.78 is 16.6. The van der Waals surface area contributed by atoms with Crippen molar-refractivity contribution in [3.8, 4) is 23.7 Å². The number of hydrogen-bond donors (Lipinski definition) is 0. The van der Waals surface area contributed by atoms with Crippen LogP contribution in [0.5, 0.6) is 0 Å². The van der Waals surface area contributed by atoms with Crippen LogP contribution in [0.1, 0.15) is 183 Å². The maximum atomic E-state index is 12.7. The molecule has 0 heterocycles. The van der Waals surface area contributed by atoms with Crippen molar-refractivity contribution in [2.45, 2.75) is 189 Å². The Labute approximate surface area is 308 Å². The predicted molar refractivity (Wildman–Crippen MR) is 206 cm³/mol. The van der Waals surface area contributed by atoms with E-state index in [9.17, 15) is 14.4 Å². The van der Waals surface area contributed by atoms with E-state index in [1.165, 1.54) is 64.2 Å². The van der Waals surface area contributed by atoms with Crippen LogP contribution in [0.2, 0.25) is 0 Å². The molecular weight excluding hydrogens is 626 g/mol. The van der Waals surface area contributed by atoms with Crippen molar-refractivity contribution in [3.63, 3.8) is 0 Å². The summed E-state index contributed by atoms with van der Waals surface area (Å²) in [5, 5.41) is 0. The smallest absolute Gasteiger partial charge is 0.384 e. The zero-order valence-electron chi connectivity index (χ0n) is 33.7. The molecule has 0 spiro atoms. The van der Waals surface area contributed by atoms with Crippen LogP contribution in [0, 0.1) is 34.5 Å². The fraction of sp³-hybridized carbons (Fsp3) is 0.837. The molecule has 0 aliphatic heterocycles. The maximum Gasteiger partial charge on any atom is 0.384 e. The first kappa shape index (κ1) is 47.5. The summed E-state index contributed by atoms with van der Waals surface area (Å²) in [6.07, 6.45) is 22.0. The molecule has 0 unspecified atom stereocenters. The van der Waals surface area contributed by atoms with Gasteiger partial charge in [-0.15, -0.1) is 0 Å². The number of nitrogens with zero attached hydrogens (tertiary/aromatic N) is 1. The zero-order valence-corrected chi connectivity index (χ0v) is 33.7. The normalized spacial score (nSPS) is 11.5. The highest BCUT2D eigenvalue weighted by Gasteiger charge is 2.21. The quantitative estimate of drug-likeness (QED) is 0.0252. The van der Waals surface area contributed by atoms with Gasteiger partial charge in [0.15, 0.2) is 0 Å². The summed E-state index contributed by atoms with van der Waals surface area (Å²) in [6.45, 7) is 14.3. The maximum absolute atomic E-state index is 12.7. The van der Waals surface area contributed by atoms with Crippen molar-refractivity contribution in [1.82, 2.24) is 4.90 Å². The molecule has 0 radical (unpaired) electrons. The van der Waals surface area contributed by atoms with Gasteiger partial charge in [0.1, 0.15) is 6.10 Å². The Bertz CT molecular complexity index is 957. The van der Waals surface area contributed by atoms with Gasteiger partial charge < -0.3 is 19.1 Å². The number of hydrogen-bond acceptors (Lipinski definition) is 7. The molecular formula is C43H75NO6. The highest BCUT2D eigenvalue weighted by Crippen LogP contribution is 2.27. The van der Waals surface area contributed by atoms with Gasteiger partial charge in [-0.2, -0.15) is 0 Å². The second-order valence-corrected chi connectivity index (χ2v) is 15.6. The van der Waals surface area contributed by atoms with Gasteiger partial charge in [0, 0.05) is 29.1 Å². The Morgan fingerprint density at radius 2 is 0.980 bits per heavy atom. The monoisotopic (exact) mass is 702 g/mol. The molecule has 0 aromatic heterocycles. The third kappa shape index (κ3) is 31.5. The van der Waals surface area contributed by atoms with E-state index < -0.39 is 11.9 Å². The fourth-order valence-electron chi connectivity index (χ4n) is 5.68. The van der Waals surface area contributed by atoms with Gasteiger partial charge in [0.05, 0.1) is 13.2 Å². The Morgan fingerprint density at radius 3 is 1.38 bits per heavy atom. The molecule has 50 heavy (non-hydrogen) atoms. The molecule has 0 saturated carbocycles. The minimum absolute atomic E-state index is 0.164. The van der Waals surface area contributed by atoms with E-state index in [1.807, 2.05) is 41.8 Å². The molecule has 0 N–H and O–H groups in total. The zero-order chi connectivity index (χ0) is 37.5. The third-order valence-electron chi connectivity index (χ3n) is 8.91. The average Bonchev–Trinajstić information content (AvgIpc) is 3.05. The lowest BCUT2D eigenvalue weighted by Gasteiger charge is -2.23. The fourth-order valence-corrected chi connectivity index (χ4v) is 5.68. The summed E-state index contributed by atoms with van der Waals surface area (Å²) in [5.74, 6) is 10.5. The molecule has 0 aromatic carbocycles. The van der Waals surface area contributed by atoms with Crippen LogP contribution >= 0.6 is 0 Å². The number of ether oxygens (including phenoxy) is 3. The number of carbonyl (C=O) groups excluding carboxylic acids is 3.